The highest BCUT2D eigenvalue weighted by Gasteiger charge is 2.06. The van der Waals surface area contributed by atoms with Crippen LogP contribution in [0.1, 0.15) is 0 Å². The Morgan fingerprint density at radius 3 is 2.55 bits per heavy atom. The molecule has 22 heavy (non-hydrogen) atoms. The maximum absolute atomic E-state index is 11.9. The number of carbonyl (C=O) groups is 1. The molecule has 0 saturated heterocycles. The van der Waals surface area contributed by atoms with Gasteiger partial charge in [-0.15, -0.1) is 0 Å². The molecule has 4 nitrogen and oxygen atoms in total. The van der Waals surface area contributed by atoms with Crippen molar-refractivity contribution in [2.45, 2.75) is 4.90 Å². The van der Waals surface area contributed by atoms with Crippen LogP contribution in [0.15, 0.2) is 64.9 Å². The summed E-state index contributed by atoms with van der Waals surface area (Å²) < 4.78 is 10.4. The number of anilines is 1. The molecule has 0 spiro atoms. The smallest absolute Gasteiger partial charge is 0.248 e. The highest BCUT2D eigenvalue weighted by atomic mass is 32.2. The number of thioether (sulfide) groups is 1. The van der Waals surface area contributed by atoms with Crippen LogP contribution in [0.2, 0.25) is 0 Å². The van der Waals surface area contributed by atoms with Gasteiger partial charge >= 0.3 is 0 Å². The van der Waals surface area contributed by atoms with Crippen LogP contribution in [-0.2, 0) is 4.79 Å². The van der Waals surface area contributed by atoms with E-state index in [0.29, 0.717) is 17.2 Å². The third kappa shape index (κ3) is 4.56. The van der Waals surface area contributed by atoms with E-state index in [-0.39, 0.29) is 5.91 Å². The van der Waals surface area contributed by atoms with Crippen molar-refractivity contribution in [1.29, 1.82) is 0 Å². The van der Waals surface area contributed by atoms with Crippen LogP contribution in [0, 0.1) is 0 Å². The van der Waals surface area contributed by atoms with Crippen molar-refractivity contribution in [3.8, 4) is 11.5 Å². The number of hydrogen-bond acceptors (Lipinski definition) is 4. The Bertz CT molecular complexity index is 656. The number of amides is 1. The molecule has 0 saturated carbocycles. The van der Waals surface area contributed by atoms with E-state index in [2.05, 4.69) is 5.32 Å². The van der Waals surface area contributed by atoms with Crippen LogP contribution >= 0.6 is 11.8 Å². The first-order valence-corrected chi connectivity index (χ1v) is 7.52. The Kier molecular flexibility index (Phi) is 5.91. The zero-order chi connectivity index (χ0) is 15.8. The molecule has 2 aromatic rings. The van der Waals surface area contributed by atoms with Gasteiger partial charge in [0.05, 0.1) is 19.9 Å². The summed E-state index contributed by atoms with van der Waals surface area (Å²) in [5, 5.41) is 4.53. The molecular weight excluding hydrogens is 298 g/mol. The summed E-state index contributed by atoms with van der Waals surface area (Å²) in [6.45, 7) is 0. The van der Waals surface area contributed by atoms with E-state index < -0.39 is 0 Å². The molecule has 0 radical (unpaired) electrons. The van der Waals surface area contributed by atoms with Gasteiger partial charge < -0.3 is 14.8 Å². The van der Waals surface area contributed by atoms with Crippen LogP contribution in [0.3, 0.4) is 0 Å². The minimum Gasteiger partial charge on any atom is -0.497 e. The van der Waals surface area contributed by atoms with Crippen molar-refractivity contribution in [3.63, 3.8) is 0 Å². The van der Waals surface area contributed by atoms with Gasteiger partial charge in [-0.3, -0.25) is 4.79 Å². The lowest BCUT2D eigenvalue weighted by Gasteiger charge is -2.10. The van der Waals surface area contributed by atoms with Crippen LogP contribution in [0.25, 0.3) is 0 Å². The Morgan fingerprint density at radius 1 is 1.09 bits per heavy atom. The summed E-state index contributed by atoms with van der Waals surface area (Å²) >= 11 is 1.48. The standard InChI is InChI=1S/C17H17NO3S/c1-20-13-8-9-15(16(12-13)21-2)18-17(19)10-11-22-14-6-4-3-5-7-14/h3-12H,1-2H3,(H,18,19)/b11-10+. The van der Waals surface area contributed by atoms with E-state index in [0.717, 1.165) is 4.90 Å². The molecule has 0 unspecified atom stereocenters. The predicted molar refractivity (Wildman–Crippen MR) is 89.6 cm³/mol. The second-order valence-corrected chi connectivity index (χ2v) is 5.27. The highest BCUT2D eigenvalue weighted by Crippen LogP contribution is 2.29. The molecule has 0 atom stereocenters. The molecule has 0 aromatic heterocycles. The predicted octanol–water partition coefficient (Wildman–Crippen LogP) is 3.95. The Morgan fingerprint density at radius 2 is 1.86 bits per heavy atom. The van der Waals surface area contributed by atoms with Gasteiger partial charge in [0.15, 0.2) is 0 Å². The van der Waals surface area contributed by atoms with Gasteiger partial charge in [0.2, 0.25) is 5.91 Å². The average molecular weight is 315 g/mol. The number of benzene rings is 2. The van der Waals surface area contributed by atoms with Crippen molar-refractivity contribution in [1.82, 2.24) is 0 Å². The lowest BCUT2D eigenvalue weighted by molar-refractivity contribution is -0.111. The van der Waals surface area contributed by atoms with Gasteiger partial charge in [0, 0.05) is 17.0 Å². The molecule has 114 valence electrons. The van der Waals surface area contributed by atoms with Crippen LogP contribution < -0.4 is 14.8 Å². The summed E-state index contributed by atoms with van der Waals surface area (Å²) in [5.41, 5.74) is 0.600. The summed E-state index contributed by atoms with van der Waals surface area (Å²) in [5.74, 6) is 1.01. The molecule has 0 aliphatic heterocycles. The zero-order valence-corrected chi connectivity index (χ0v) is 13.2. The first kappa shape index (κ1) is 16.0. The van der Waals surface area contributed by atoms with E-state index in [4.69, 9.17) is 9.47 Å². The molecule has 2 rings (SSSR count). The third-order valence-electron chi connectivity index (χ3n) is 2.83. The van der Waals surface area contributed by atoms with Crippen molar-refractivity contribution < 1.29 is 14.3 Å². The lowest BCUT2D eigenvalue weighted by atomic mass is 10.2. The van der Waals surface area contributed by atoms with E-state index in [1.165, 1.54) is 17.8 Å². The number of rotatable bonds is 6. The fourth-order valence-electron chi connectivity index (χ4n) is 1.75. The normalized spacial score (nSPS) is 10.5. The third-order valence-corrected chi connectivity index (χ3v) is 3.65. The summed E-state index contributed by atoms with van der Waals surface area (Å²) in [6, 6.07) is 15.1. The van der Waals surface area contributed by atoms with Gasteiger partial charge in [-0.1, -0.05) is 30.0 Å². The average Bonchev–Trinajstić information content (AvgIpc) is 2.56. The monoisotopic (exact) mass is 315 g/mol. The maximum Gasteiger partial charge on any atom is 0.248 e. The minimum atomic E-state index is -0.216. The van der Waals surface area contributed by atoms with E-state index in [1.54, 1.807) is 37.8 Å². The lowest BCUT2D eigenvalue weighted by Crippen LogP contribution is -2.08. The molecule has 0 aliphatic rings. The van der Waals surface area contributed by atoms with Crippen molar-refractivity contribution in [3.05, 3.63) is 60.0 Å². The molecule has 0 heterocycles. The van der Waals surface area contributed by atoms with Crippen molar-refractivity contribution in [2.75, 3.05) is 19.5 Å². The first-order chi connectivity index (χ1) is 10.7. The second-order valence-electron chi connectivity index (χ2n) is 4.29. The number of carbonyl (C=O) groups excluding carboxylic acids is 1. The van der Waals surface area contributed by atoms with E-state index in [1.807, 2.05) is 30.3 Å². The SMILES string of the molecule is COc1ccc(NC(=O)/C=C/Sc2ccccc2)c(OC)c1. The summed E-state index contributed by atoms with van der Waals surface area (Å²) in [7, 11) is 3.13. The Hall–Kier alpha value is -2.40. The zero-order valence-electron chi connectivity index (χ0n) is 12.4. The minimum absolute atomic E-state index is 0.216. The topological polar surface area (TPSA) is 47.6 Å². The molecule has 2 aromatic carbocycles. The molecule has 1 amide bonds. The van der Waals surface area contributed by atoms with E-state index in [9.17, 15) is 4.79 Å². The molecule has 0 fully saturated rings. The number of nitrogens with one attached hydrogen (secondary N) is 1. The molecule has 1 N–H and O–H groups in total. The van der Waals surface area contributed by atoms with E-state index >= 15 is 0 Å². The van der Waals surface area contributed by atoms with Gasteiger partial charge in [-0.05, 0) is 29.7 Å². The second kappa shape index (κ2) is 8.14. The Labute approximate surface area is 134 Å². The molecule has 0 bridgehead atoms. The quantitative estimate of drug-likeness (QED) is 0.648. The highest BCUT2D eigenvalue weighted by molar-refractivity contribution is 8.02. The van der Waals surface area contributed by atoms with Gasteiger partial charge in [-0.2, -0.15) is 0 Å². The fourth-order valence-corrected chi connectivity index (χ4v) is 2.41. The number of hydrogen-bond donors (Lipinski definition) is 1. The first-order valence-electron chi connectivity index (χ1n) is 6.64. The van der Waals surface area contributed by atoms with Crippen LogP contribution in [0.4, 0.5) is 5.69 Å². The van der Waals surface area contributed by atoms with Gasteiger partial charge in [0.1, 0.15) is 11.5 Å². The van der Waals surface area contributed by atoms with Gasteiger partial charge in [-0.25, -0.2) is 0 Å². The number of ether oxygens (including phenoxy) is 2. The van der Waals surface area contributed by atoms with Crippen molar-refractivity contribution in [2.24, 2.45) is 0 Å². The number of methoxy groups -OCH3 is 2. The molecular formula is C17H17NO3S. The molecule has 5 heteroatoms. The molecule has 0 aliphatic carbocycles. The van der Waals surface area contributed by atoms with Gasteiger partial charge in [0.25, 0.3) is 0 Å². The van der Waals surface area contributed by atoms with Crippen LogP contribution in [0.5, 0.6) is 11.5 Å². The largest absolute Gasteiger partial charge is 0.497 e. The Balaban J connectivity index is 1.97. The fraction of sp³-hybridized carbons (Fsp3) is 0.118. The summed E-state index contributed by atoms with van der Waals surface area (Å²) in [4.78, 5) is 13.0. The van der Waals surface area contributed by atoms with Crippen LogP contribution in [-0.4, -0.2) is 20.1 Å². The maximum atomic E-state index is 11.9. The summed E-state index contributed by atoms with van der Waals surface area (Å²) in [6.07, 6.45) is 1.49. The van der Waals surface area contributed by atoms with Crippen molar-refractivity contribution >= 4 is 23.4 Å².